The molecule has 2 rings (SSSR count). The molecule has 0 aliphatic rings. The molecule has 1 unspecified atom stereocenters. The zero-order chi connectivity index (χ0) is 14.9. The molecule has 0 bridgehead atoms. The number of anilines is 2. The summed E-state index contributed by atoms with van der Waals surface area (Å²) in [5, 5.41) is 2.09. The Morgan fingerprint density at radius 3 is 2.55 bits per heavy atom. The average Bonchev–Trinajstić information content (AvgIpc) is 2.89. The van der Waals surface area contributed by atoms with Crippen LogP contribution in [0.2, 0.25) is 0 Å². The monoisotopic (exact) mass is 290 g/mol. The zero-order valence-corrected chi connectivity index (χ0v) is 13.5. The molecule has 0 aliphatic carbocycles. The van der Waals surface area contributed by atoms with E-state index >= 15 is 0 Å². The van der Waals surface area contributed by atoms with Gasteiger partial charge in [-0.25, -0.2) is 9.97 Å². The molecule has 0 fully saturated rings. The maximum atomic E-state index is 5.94. The van der Waals surface area contributed by atoms with Gasteiger partial charge in [-0.3, -0.25) is 0 Å². The molecule has 2 aromatic rings. The van der Waals surface area contributed by atoms with Crippen molar-refractivity contribution in [3.8, 4) is 0 Å². The van der Waals surface area contributed by atoms with E-state index in [0.29, 0.717) is 5.82 Å². The molecule has 5 heteroatoms. The molecule has 4 nitrogen and oxygen atoms in total. The predicted molar refractivity (Wildman–Crippen MR) is 86.3 cm³/mol. The van der Waals surface area contributed by atoms with Gasteiger partial charge in [0.1, 0.15) is 17.5 Å². The number of hydrogen-bond donors (Lipinski definition) is 1. The van der Waals surface area contributed by atoms with Crippen LogP contribution < -0.4 is 10.6 Å². The normalized spacial score (nSPS) is 13.2. The third kappa shape index (κ3) is 3.10. The lowest BCUT2D eigenvalue weighted by Crippen LogP contribution is -2.25. The van der Waals surface area contributed by atoms with E-state index in [-0.39, 0.29) is 11.5 Å². The molecule has 0 amide bonds. The quantitative estimate of drug-likeness (QED) is 0.938. The fraction of sp³-hybridized carbons (Fsp3) is 0.467. The lowest BCUT2D eigenvalue weighted by atomic mass is 9.96. The number of rotatable bonds is 3. The summed E-state index contributed by atoms with van der Waals surface area (Å²) in [6.07, 6.45) is 0. The van der Waals surface area contributed by atoms with E-state index in [1.165, 1.54) is 4.88 Å². The second-order valence-electron chi connectivity index (χ2n) is 6.03. The summed E-state index contributed by atoms with van der Waals surface area (Å²) in [6.45, 7) is 8.44. The van der Waals surface area contributed by atoms with Gasteiger partial charge in [0.25, 0.3) is 0 Å². The summed E-state index contributed by atoms with van der Waals surface area (Å²) in [4.78, 5) is 12.5. The largest absolute Gasteiger partial charge is 0.384 e. The number of nitrogens with zero attached hydrogens (tertiary/aromatic N) is 3. The number of nitrogen functional groups attached to an aromatic ring is 1. The van der Waals surface area contributed by atoms with Crippen LogP contribution in [-0.4, -0.2) is 17.0 Å². The molecule has 1 atom stereocenters. The highest BCUT2D eigenvalue weighted by atomic mass is 32.1. The van der Waals surface area contributed by atoms with E-state index in [9.17, 15) is 0 Å². The molecule has 20 heavy (non-hydrogen) atoms. The minimum Gasteiger partial charge on any atom is -0.384 e. The van der Waals surface area contributed by atoms with Crippen LogP contribution in [0.25, 0.3) is 0 Å². The second kappa shape index (κ2) is 5.40. The maximum absolute atomic E-state index is 5.94. The molecule has 108 valence electrons. The molecular formula is C15H22N4S. The van der Waals surface area contributed by atoms with Gasteiger partial charge in [0.15, 0.2) is 0 Å². The Balaban J connectivity index is 2.35. The average molecular weight is 290 g/mol. The highest BCUT2D eigenvalue weighted by Gasteiger charge is 2.21. The van der Waals surface area contributed by atoms with Crippen LogP contribution in [0.3, 0.4) is 0 Å². The number of aromatic nitrogens is 2. The first kappa shape index (κ1) is 14.8. The summed E-state index contributed by atoms with van der Waals surface area (Å²) in [7, 11) is 2.04. The van der Waals surface area contributed by atoms with Crippen molar-refractivity contribution in [1.29, 1.82) is 0 Å². The molecule has 2 aromatic heterocycles. The van der Waals surface area contributed by atoms with Crippen molar-refractivity contribution in [3.05, 3.63) is 34.3 Å². The minimum atomic E-state index is -0.114. The molecular weight excluding hydrogens is 268 g/mol. The van der Waals surface area contributed by atoms with Crippen molar-refractivity contribution in [3.63, 3.8) is 0 Å². The van der Waals surface area contributed by atoms with E-state index in [0.717, 1.165) is 11.6 Å². The second-order valence-corrected chi connectivity index (χ2v) is 7.01. The predicted octanol–water partition coefficient (Wildman–Crippen LogP) is 3.62. The summed E-state index contributed by atoms with van der Waals surface area (Å²) in [5.41, 5.74) is 5.82. The number of nitrogens with two attached hydrogens (primary N) is 1. The smallest absolute Gasteiger partial charge is 0.138 e. The first-order chi connectivity index (χ1) is 9.29. The Bertz CT molecular complexity index is 572. The first-order valence-corrected chi connectivity index (χ1v) is 7.58. The van der Waals surface area contributed by atoms with Gasteiger partial charge in [0.2, 0.25) is 0 Å². The first-order valence-electron chi connectivity index (χ1n) is 6.70. The van der Waals surface area contributed by atoms with Crippen LogP contribution in [0.5, 0.6) is 0 Å². The molecule has 0 saturated carbocycles. The van der Waals surface area contributed by atoms with Crippen LogP contribution >= 0.6 is 11.3 Å². The molecule has 0 saturated heterocycles. The van der Waals surface area contributed by atoms with Crippen LogP contribution in [0.1, 0.15) is 44.4 Å². The van der Waals surface area contributed by atoms with Gasteiger partial charge in [0.05, 0.1) is 6.04 Å². The van der Waals surface area contributed by atoms with Gasteiger partial charge >= 0.3 is 0 Å². The SMILES string of the molecule is CC(c1cccs1)N(C)c1cc(N)nc(C(C)(C)C)n1. The molecule has 0 aliphatic heterocycles. The summed E-state index contributed by atoms with van der Waals surface area (Å²) >= 11 is 1.75. The van der Waals surface area contributed by atoms with Gasteiger partial charge < -0.3 is 10.6 Å². The van der Waals surface area contributed by atoms with E-state index in [1.54, 1.807) is 11.3 Å². The highest BCUT2D eigenvalue weighted by Crippen LogP contribution is 2.29. The van der Waals surface area contributed by atoms with Crippen molar-refractivity contribution in [2.45, 2.75) is 39.2 Å². The highest BCUT2D eigenvalue weighted by molar-refractivity contribution is 7.10. The molecule has 0 aromatic carbocycles. The summed E-state index contributed by atoms with van der Waals surface area (Å²) < 4.78 is 0. The van der Waals surface area contributed by atoms with Gasteiger partial charge in [-0.15, -0.1) is 11.3 Å². The minimum absolute atomic E-state index is 0.114. The van der Waals surface area contributed by atoms with E-state index in [1.807, 2.05) is 13.1 Å². The molecule has 0 radical (unpaired) electrons. The summed E-state index contributed by atoms with van der Waals surface area (Å²) in [5.74, 6) is 2.16. The van der Waals surface area contributed by atoms with Crippen LogP contribution in [0.15, 0.2) is 23.6 Å². The molecule has 2 N–H and O–H groups in total. The third-order valence-electron chi connectivity index (χ3n) is 3.30. The maximum Gasteiger partial charge on any atom is 0.138 e. The van der Waals surface area contributed by atoms with Gasteiger partial charge in [-0.2, -0.15) is 0 Å². The van der Waals surface area contributed by atoms with Crippen molar-refractivity contribution in [1.82, 2.24) is 9.97 Å². The van der Waals surface area contributed by atoms with E-state index in [4.69, 9.17) is 5.73 Å². The van der Waals surface area contributed by atoms with Crippen LogP contribution in [0.4, 0.5) is 11.6 Å². The Labute approximate surface area is 124 Å². The summed E-state index contributed by atoms with van der Waals surface area (Å²) in [6, 6.07) is 6.30. The molecule has 0 spiro atoms. The van der Waals surface area contributed by atoms with Gasteiger partial charge in [-0.05, 0) is 18.4 Å². The lowest BCUT2D eigenvalue weighted by Gasteiger charge is -2.27. The van der Waals surface area contributed by atoms with Crippen LogP contribution in [-0.2, 0) is 5.41 Å². The lowest BCUT2D eigenvalue weighted by molar-refractivity contribution is 0.544. The zero-order valence-electron chi connectivity index (χ0n) is 12.7. The van der Waals surface area contributed by atoms with Crippen LogP contribution in [0, 0.1) is 0 Å². The Morgan fingerprint density at radius 2 is 2.00 bits per heavy atom. The Hall–Kier alpha value is -1.62. The fourth-order valence-corrected chi connectivity index (χ4v) is 2.71. The third-order valence-corrected chi connectivity index (χ3v) is 4.34. The Morgan fingerprint density at radius 1 is 1.30 bits per heavy atom. The van der Waals surface area contributed by atoms with Crippen molar-refractivity contribution < 1.29 is 0 Å². The van der Waals surface area contributed by atoms with Crippen molar-refractivity contribution >= 4 is 23.0 Å². The van der Waals surface area contributed by atoms with Crippen molar-refractivity contribution in [2.75, 3.05) is 17.7 Å². The van der Waals surface area contributed by atoms with Crippen molar-refractivity contribution in [2.24, 2.45) is 0 Å². The number of thiophene rings is 1. The topological polar surface area (TPSA) is 55.0 Å². The molecule has 2 heterocycles. The van der Waals surface area contributed by atoms with E-state index < -0.39 is 0 Å². The van der Waals surface area contributed by atoms with E-state index in [2.05, 4.69) is 60.1 Å². The Kier molecular flexibility index (Phi) is 3.99. The van der Waals surface area contributed by atoms with Gasteiger partial charge in [0, 0.05) is 23.4 Å². The fourth-order valence-electron chi connectivity index (χ4n) is 1.89. The van der Waals surface area contributed by atoms with Gasteiger partial charge in [-0.1, -0.05) is 26.8 Å². The number of hydrogen-bond acceptors (Lipinski definition) is 5. The standard InChI is InChI=1S/C15H22N4S/c1-10(11-7-6-8-20-11)19(5)13-9-12(16)17-14(18-13)15(2,3)4/h6-10H,1-5H3,(H2,16,17,18).